The Morgan fingerprint density at radius 1 is 1.25 bits per heavy atom. The van der Waals surface area contributed by atoms with Crippen molar-refractivity contribution in [3.63, 3.8) is 0 Å². The molecule has 0 aromatic heterocycles. The molecule has 112 valence electrons. The Balaban J connectivity index is 2.63. The molecule has 0 aliphatic rings. The van der Waals surface area contributed by atoms with Crippen LogP contribution in [0.5, 0.6) is 0 Å². The first-order valence-corrected chi connectivity index (χ1v) is 8.15. The summed E-state index contributed by atoms with van der Waals surface area (Å²) in [6.45, 7) is 8.10. The van der Waals surface area contributed by atoms with Gasteiger partial charge in [-0.2, -0.15) is 0 Å². The van der Waals surface area contributed by atoms with Crippen molar-refractivity contribution in [1.29, 1.82) is 0 Å². The predicted octanol–water partition coefficient (Wildman–Crippen LogP) is 4.56. The minimum Gasteiger partial charge on any atom is -0.443 e. The second-order valence-corrected chi connectivity index (χ2v) is 6.28. The van der Waals surface area contributed by atoms with E-state index in [1.807, 2.05) is 12.1 Å². The van der Waals surface area contributed by atoms with Crippen LogP contribution in [0.25, 0.3) is 0 Å². The van der Waals surface area contributed by atoms with Crippen LogP contribution in [0, 0.1) is 0 Å². The molecule has 0 aliphatic carbocycles. The summed E-state index contributed by atoms with van der Waals surface area (Å²) in [6.07, 6.45) is 2.26. The lowest BCUT2D eigenvalue weighted by Crippen LogP contribution is -2.17. The molecule has 1 rings (SSSR count). The number of hydrogen-bond acceptors (Lipinski definition) is 4. The number of ether oxygens (including phenoxy) is 1. The number of carbonyl (C=O) groups is 1. The SMILES string of the molecule is CCCN(CCC)Sc1ccc(C(=O)OC(C)Cl)cc1. The third-order valence-corrected chi connectivity index (χ3v) is 3.74. The Kier molecular flexibility index (Phi) is 8.04. The fourth-order valence-corrected chi connectivity index (χ4v) is 2.90. The highest BCUT2D eigenvalue weighted by Gasteiger charge is 2.11. The largest absolute Gasteiger partial charge is 0.443 e. The molecule has 20 heavy (non-hydrogen) atoms. The van der Waals surface area contributed by atoms with Crippen molar-refractivity contribution in [3.8, 4) is 0 Å². The Hall–Kier alpha value is -0.710. The predicted molar refractivity (Wildman–Crippen MR) is 85.2 cm³/mol. The van der Waals surface area contributed by atoms with Gasteiger partial charge >= 0.3 is 5.97 Å². The van der Waals surface area contributed by atoms with E-state index in [1.54, 1.807) is 31.0 Å². The smallest absolute Gasteiger partial charge is 0.339 e. The van der Waals surface area contributed by atoms with Gasteiger partial charge in [0.15, 0.2) is 5.56 Å². The molecule has 0 aliphatic heterocycles. The molecule has 3 nitrogen and oxygen atoms in total. The summed E-state index contributed by atoms with van der Waals surface area (Å²) in [7, 11) is 0. The number of carbonyl (C=O) groups excluding carboxylic acids is 1. The van der Waals surface area contributed by atoms with Crippen molar-refractivity contribution >= 4 is 29.5 Å². The Bertz CT molecular complexity index is 403. The second-order valence-electron chi connectivity index (χ2n) is 4.49. The highest BCUT2D eigenvalue weighted by molar-refractivity contribution is 7.97. The molecule has 0 spiro atoms. The molecular weight excluding hydrogens is 294 g/mol. The van der Waals surface area contributed by atoms with Crippen molar-refractivity contribution in [2.45, 2.75) is 44.1 Å². The molecule has 0 fully saturated rings. The lowest BCUT2D eigenvalue weighted by atomic mass is 10.2. The van der Waals surface area contributed by atoms with E-state index in [1.165, 1.54) is 0 Å². The molecular formula is C15H22ClNO2S. The van der Waals surface area contributed by atoms with E-state index in [0.29, 0.717) is 5.56 Å². The maximum absolute atomic E-state index is 11.7. The van der Waals surface area contributed by atoms with Crippen LogP contribution in [-0.2, 0) is 4.74 Å². The van der Waals surface area contributed by atoms with Gasteiger partial charge in [0, 0.05) is 18.0 Å². The van der Waals surface area contributed by atoms with Crippen molar-refractivity contribution in [3.05, 3.63) is 29.8 Å². The minimum absolute atomic E-state index is 0.386. The quantitative estimate of drug-likeness (QED) is 0.399. The van der Waals surface area contributed by atoms with Crippen LogP contribution >= 0.6 is 23.5 Å². The first kappa shape index (κ1) is 17.3. The monoisotopic (exact) mass is 315 g/mol. The van der Waals surface area contributed by atoms with E-state index in [2.05, 4.69) is 18.2 Å². The Labute approximate surface area is 130 Å². The van der Waals surface area contributed by atoms with Gasteiger partial charge in [0.25, 0.3) is 0 Å². The van der Waals surface area contributed by atoms with E-state index in [0.717, 1.165) is 30.8 Å². The molecule has 1 aromatic rings. The van der Waals surface area contributed by atoms with Gasteiger partial charge in [-0.1, -0.05) is 25.4 Å². The van der Waals surface area contributed by atoms with Crippen LogP contribution in [0.15, 0.2) is 29.2 Å². The van der Waals surface area contributed by atoms with Crippen molar-refractivity contribution in [1.82, 2.24) is 4.31 Å². The topological polar surface area (TPSA) is 29.5 Å². The Morgan fingerprint density at radius 3 is 2.25 bits per heavy atom. The molecule has 0 bridgehead atoms. The van der Waals surface area contributed by atoms with Gasteiger partial charge in [-0.3, -0.25) is 0 Å². The van der Waals surface area contributed by atoms with Crippen LogP contribution in [-0.4, -0.2) is 28.9 Å². The zero-order valence-electron chi connectivity index (χ0n) is 12.3. The number of esters is 1. The molecule has 0 saturated heterocycles. The van der Waals surface area contributed by atoms with Gasteiger partial charge in [-0.05, 0) is 56.0 Å². The van der Waals surface area contributed by atoms with Gasteiger partial charge in [-0.25, -0.2) is 9.10 Å². The van der Waals surface area contributed by atoms with E-state index >= 15 is 0 Å². The zero-order valence-corrected chi connectivity index (χ0v) is 13.8. The molecule has 0 N–H and O–H groups in total. The first-order valence-electron chi connectivity index (χ1n) is 6.94. The standard InChI is InChI=1S/C15H22ClNO2S/c1-4-10-17(11-5-2)20-14-8-6-13(7-9-14)15(18)19-12(3)16/h6-9,12H,4-5,10-11H2,1-3H3. The zero-order chi connectivity index (χ0) is 15.0. The summed E-state index contributed by atoms with van der Waals surface area (Å²) in [5.74, 6) is -0.386. The number of benzene rings is 1. The number of nitrogens with zero attached hydrogens (tertiary/aromatic N) is 1. The minimum atomic E-state index is -0.610. The van der Waals surface area contributed by atoms with Gasteiger partial charge in [-0.15, -0.1) is 0 Å². The molecule has 1 unspecified atom stereocenters. The van der Waals surface area contributed by atoms with Crippen LogP contribution in [0.4, 0.5) is 0 Å². The third kappa shape index (κ3) is 6.16. The van der Waals surface area contributed by atoms with Gasteiger partial charge in [0.1, 0.15) is 0 Å². The van der Waals surface area contributed by atoms with Crippen LogP contribution in [0.3, 0.4) is 0 Å². The molecule has 5 heteroatoms. The number of alkyl halides is 1. The summed E-state index contributed by atoms with van der Waals surface area (Å²) >= 11 is 7.37. The van der Waals surface area contributed by atoms with E-state index < -0.39 is 5.56 Å². The summed E-state index contributed by atoms with van der Waals surface area (Å²) in [6, 6.07) is 7.44. The van der Waals surface area contributed by atoms with Gasteiger partial charge in [0.05, 0.1) is 5.56 Å². The summed E-state index contributed by atoms with van der Waals surface area (Å²) in [5.41, 5.74) is -0.0828. The van der Waals surface area contributed by atoms with Gasteiger partial charge < -0.3 is 4.74 Å². The molecule has 0 saturated carbocycles. The number of rotatable bonds is 8. The fraction of sp³-hybridized carbons (Fsp3) is 0.533. The average Bonchev–Trinajstić information content (AvgIpc) is 2.39. The molecule has 0 amide bonds. The maximum Gasteiger partial charge on any atom is 0.339 e. The average molecular weight is 316 g/mol. The molecule has 1 atom stereocenters. The second kappa shape index (κ2) is 9.27. The van der Waals surface area contributed by atoms with Crippen molar-refractivity contribution in [2.24, 2.45) is 0 Å². The van der Waals surface area contributed by atoms with Crippen LogP contribution in [0.1, 0.15) is 44.0 Å². The van der Waals surface area contributed by atoms with E-state index in [4.69, 9.17) is 16.3 Å². The lowest BCUT2D eigenvalue weighted by Gasteiger charge is -2.19. The summed E-state index contributed by atoms with van der Waals surface area (Å²) in [5, 5.41) is 0. The van der Waals surface area contributed by atoms with E-state index in [9.17, 15) is 4.79 Å². The Morgan fingerprint density at radius 2 is 1.80 bits per heavy atom. The highest BCUT2D eigenvalue weighted by atomic mass is 35.5. The third-order valence-electron chi connectivity index (χ3n) is 2.54. The first-order chi connectivity index (χ1) is 9.56. The molecule has 1 aromatic carbocycles. The lowest BCUT2D eigenvalue weighted by molar-refractivity contribution is 0.0472. The fourth-order valence-electron chi connectivity index (χ4n) is 1.72. The summed E-state index contributed by atoms with van der Waals surface area (Å²) in [4.78, 5) is 12.8. The molecule has 0 heterocycles. The van der Waals surface area contributed by atoms with Crippen LogP contribution in [0.2, 0.25) is 0 Å². The van der Waals surface area contributed by atoms with Crippen LogP contribution < -0.4 is 0 Å². The van der Waals surface area contributed by atoms with Gasteiger partial charge in [0.2, 0.25) is 0 Å². The number of halogens is 1. The number of hydrogen-bond donors (Lipinski definition) is 0. The normalized spacial score (nSPS) is 12.4. The van der Waals surface area contributed by atoms with E-state index in [-0.39, 0.29) is 5.97 Å². The van der Waals surface area contributed by atoms with Crippen molar-refractivity contribution in [2.75, 3.05) is 13.1 Å². The van der Waals surface area contributed by atoms with Crippen molar-refractivity contribution < 1.29 is 9.53 Å². The molecule has 0 radical (unpaired) electrons. The summed E-state index contributed by atoms with van der Waals surface area (Å²) < 4.78 is 7.29. The highest BCUT2D eigenvalue weighted by Crippen LogP contribution is 2.23. The maximum atomic E-state index is 11.7.